The fraction of sp³-hybridized carbons (Fsp3) is 0.440. The Labute approximate surface area is 200 Å². The van der Waals surface area contributed by atoms with Gasteiger partial charge in [-0.3, -0.25) is 14.5 Å². The third-order valence-corrected chi connectivity index (χ3v) is 8.51. The summed E-state index contributed by atoms with van der Waals surface area (Å²) >= 11 is 0. The number of aryl methyl sites for hydroxylation is 1. The number of amides is 2. The number of methoxy groups -OCH3 is 1. The van der Waals surface area contributed by atoms with Gasteiger partial charge < -0.3 is 10.1 Å². The quantitative estimate of drug-likeness (QED) is 0.679. The van der Waals surface area contributed by atoms with Crippen LogP contribution in [0.15, 0.2) is 53.4 Å². The molecule has 2 fully saturated rings. The summed E-state index contributed by atoms with van der Waals surface area (Å²) in [5.41, 5.74) is 0.0203. The number of hydrogen-bond acceptors (Lipinski definition) is 5. The molecule has 2 aromatic rings. The number of benzene rings is 2. The van der Waals surface area contributed by atoms with Crippen LogP contribution in [0.1, 0.15) is 38.2 Å². The summed E-state index contributed by atoms with van der Waals surface area (Å²) in [6, 6.07) is 13.4. The van der Waals surface area contributed by atoms with Crippen LogP contribution in [0, 0.1) is 6.92 Å². The molecule has 0 spiro atoms. The van der Waals surface area contributed by atoms with Crippen molar-refractivity contribution >= 4 is 27.5 Å². The number of anilines is 1. The summed E-state index contributed by atoms with van der Waals surface area (Å²) in [5.74, 6) is -0.197. The van der Waals surface area contributed by atoms with Gasteiger partial charge in [0.15, 0.2) is 0 Å². The van der Waals surface area contributed by atoms with Gasteiger partial charge >= 0.3 is 0 Å². The van der Waals surface area contributed by atoms with Crippen LogP contribution in [0.3, 0.4) is 0 Å². The molecule has 2 amide bonds. The predicted octanol–water partition coefficient (Wildman–Crippen LogP) is 2.86. The Hall–Kier alpha value is -2.91. The average Bonchev–Trinajstić information content (AvgIpc) is 3.32. The molecule has 1 atom stereocenters. The molecule has 0 bridgehead atoms. The molecule has 1 heterocycles. The van der Waals surface area contributed by atoms with E-state index in [2.05, 4.69) is 5.32 Å². The number of ether oxygens (including phenoxy) is 1. The Bertz CT molecular complexity index is 1160. The lowest BCUT2D eigenvalue weighted by Crippen LogP contribution is -2.70. The molecular weight excluding hydrogens is 454 g/mol. The predicted molar refractivity (Wildman–Crippen MR) is 129 cm³/mol. The van der Waals surface area contributed by atoms with Crippen LogP contribution < -0.4 is 15.0 Å². The topological polar surface area (TPSA) is 96.0 Å². The third kappa shape index (κ3) is 4.54. The molecule has 1 aliphatic carbocycles. The van der Waals surface area contributed by atoms with E-state index in [1.54, 1.807) is 50.4 Å². The first-order valence-corrected chi connectivity index (χ1v) is 12.9. The number of sulfonamides is 1. The lowest BCUT2D eigenvalue weighted by Gasteiger charge is -2.47. The van der Waals surface area contributed by atoms with Crippen LogP contribution >= 0.6 is 0 Å². The number of piperazine rings is 1. The number of carbonyl (C=O) groups excluding carboxylic acids is 2. The standard InChI is InChI=1S/C25H31N3O5S/c1-18-8-14-22(15-9-18)34(31,32)27-16-23(29)28(20-10-12-21(33-3)13-11-20)25(2,17-27)24(30)26-19-6-4-5-7-19/h8-15,19H,4-7,16-17H2,1-3H3,(H,26,30)/t25-/m0/s1. The maximum absolute atomic E-state index is 13.6. The molecule has 0 radical (unpaired) electrons. The molecular formula is C25H31N3O5S. The zero-order chi connectivity index (χ0) is 24.5. The number of nitrogens with zero attached hydrogens (tertiary/aromatic N) is 2. The van der Waals surface area contributed by atoms with Gasteiger partial charge in [0.05, 0.1) is 18.6 Å². The van der Waals surface area contributed by atoms with Gasteiger partial charge in [-0.15, -0.1) is 0 Å². The van der Waals surface area contributed by atoms with E-state index in [4.69, 9.17) is 4.74 Å². The number of rotatable bonds is 6. The molecule has 2 aliphatic rings. The van der Waals surface area contributed by atoms with E-state index in [1.165, 1.54) is 17.0 Å². The summed E-state index contributed by atoms with van der Waals surface area (Å²) in [6.07, 6.45) is 3.83. The second-order valence-electron chi connectivity index (χ2n) is 9.24. The maximum atomic E-state index is 13.6. The monoisotopic (exact) mass is 485 g/mol. The zero-order valence-electron chi connectivity index (χ0n) is 19.8. The van der Waals surface area contributed by atoms with Crippen LogP contribution in [0.2, 0.25) is 0 Å². The summed E-state index contributed by atoms with van der Waals surface area (Å²) in [5, 5.41) is 3.07. The first-order valence-electron chi connectivity index (χ1n) is 11.5. The molecule has 0 aromatic heterocycles. The van der Waals surface area contributed by atoms with Crippen molar-refractivity contribution in [1.29, 1.82) is 0 Å². The average molecular weight is 486 g/mol. The minimum absolute atomic E-state index is 0.0289. The van der Waals surface area contributed by atoms with E-state index in [1.807, 2.05) is 6.92 Å². The van der Waals surface area contributed by atoms with Crippen molar-refractivity contribution in [3.63, 3.8) is 0 Å². The molecule has 1 aliphatic heterocycles. The summed E-state index contributed by atoms with van der Waals surface area (Å²) in [4.78, 5) is 28.6. The van der Waals surface area contributed by atoms with Crippen LogP contribution in [0.5, 0.6) is 5.75 Å². The summed E-state index contributed by atoms with van der Waals surface area (Å²) in [6.45, 7) is 3.00. The van der Waals surface area contributed by atoms with Crippen molar-refractivity contribution in [2.75, 3.05) is 25.1 Å². The number of carbonyl (C=O) groups is 2. The second-order valence-corrected chi connectivity index (χ2v) is 11.2. The highest BCUT2D eigenvalue weighted by Gasteiger charge is 2.51. The van der Waals surface area contributed by atoms with E-state index in [-0.39, 0.29) is 29.9 Å². The summed E-state index contributed by atoms with van der Waals surface area (Å²) in [7, 11) is -2.42. The molecule has 1 saturated heterocycles. The van der Waals surface area contributed by atoms with Gasteiger partial charge in [-0.05, 0) is 63.1 Å². The van der Waals surface area contributed by atoms with Gasteiger partial charge in [0.2, 0.25) is 21.8 Å². The molecule has 2 aromatic carbocycles. The van der Waals surface area contributed by atoms with E-state index < -0.39 is 21.5 Å². The number of hydrogen-bond donors (Lipinski definition) is 1. The fourth-order valence-corrected chi connectivity index (χ4v) is 6.22. The smallest absolute Gasteiger partial charge is 0.247 e. The maximum Gasteiger partial charge on any atom is 0.247 e. The van der Waals surface area contributed by atoms with Gasteiger partial charge in [-0.25, -0.2) is 8.42 Å². The minimum atomic E-state index is -3.97. The third-order valence-electron chi connectivity index (χ3n) is 6.71. The normalized spacial score (nSPS) is 22.1. The van der Waals surface area contributed by atoms with Crippen molar-refractivity contribution in [3.8, 4) is 5.75 Å². The molecule has 9 heteroatoms. The number of nitrogens with one attached hydrogen (secondary N) is 1. The van der Waals surface area contributed by atoms with Gasteiger partial charge in [0.1, 0.15) is 11.3 Å². The zero-order valence-corrected chi connectivity index (χ0v) is 20.6. The first kappa shape index (κ1) is 24.2. The molecule has 1 N–H and O–H groups in total. The Balaban J connectivity index is 1.72. The van der Waals surface area contributed by atoms with Crippen LogP contribution in [0.4, 0.5) is 5.69 Å². The SMILES string of the molecule is COc1ccc(N2C(=O)CN(S(=O)(=O)c3ccc(C)cc3)C[C@@]2(C)C(=O)NC2CCCC2)cc1. The van der Waals surface area contributed by atoms with E-state index in [0.29, 0.717) is 11.4 Å². The highest BCUT2D eigenvalue weighted by atomic mass is 32.2. The lowest BCUT2D eigenvalue weighted by atomic mass is 9.94. The van der Waals surface area contributed by atoms with E-state index >= 15 is 0 Å². The van der Waals surface area contributed by atoms with Gasteiger partial charge in [-0.2, -0.15) is 4.31 Å². The van der Waals surface area contributed by atoms with Crippen molar-refractivity contribution < 1.29 is 22.7 Å². The highest BCUT2D eigenvalue weighted by Crippen LogP contribution is 2.33. The van der Waals surface area contributed by atoms with E-state index in [0.717, 1.165) is 35.6 Å². The van der Waals surface area contributed by atoms with Crippen molar-refractivity contribution in [1.82, 2.24) is 9.62 Å². The minimum Gasteiger partial charge on any atom is -0.497 e. The highest BCUT2D eigenvalue weighted by molar-refractivity contribution is 7.89. The Morgan fingerprint density at radius 2 is 1.68 bits per heavy atom. The molecule has 0 unspecified atom stereocenters. The van der Waals surface area contributed by atoms with Crippen molar-refractivity contribution in [3.05, 3.63) is 54.1 Å². The van der Waals surface area contributed by atoms with Crippen LogP contribution in [-0.2, 0) is 19.6 Å². The van der Waals surface area contributed by atoms with Crippen LogP contribution in [-0.4, -0.2) is 56.3 Å². The van der Waals surface area contributed by atoms with Crippen LogP contribution in [0.25, 0.3) is 0 Å². The molecule has 8 nitrogen and oxygen atoms in total. The molecule has 182 valence electrons. The molecule has 34 heavy (non-hydrogen) atoms. The molecule has 4 rings (SSSR count). The second kappa shape index (κ2) is 9.38. The largest absolute Gasteiger partial charge is 0.497 e. The van der Waals surface area contributed by atoms with Crippen molar-refractivity contribution in [2.45, 2.75) is 56.0 Å². The molecule has 1 saturated carbocycles. The van der Waals surface area contributed by atoms with E-state index in [9.17, 15) is 18.0 Å². The van der Waals surface area contributed by atoms with Gasteiger partial charge in [0, 0.05) is 18.3 Å². The Morgan fingerprint density at radius 3 is 2.26 bits per heavy atom. The lowest BCUT2D eigenvalue weighted by molar-refractivity contribution is -0.133. The Kier molecular flexibility index (Phi) is 6.69. The fourth-order valence-electron chi connectivity index (χ4n) is 4.74. The van der Waals surface area contributed by atoms with Gasteiger partial charge in [-0.1, -0.05) is 30.5 Å². The van der Waals surface area contributed by atoms with Crippen molar-refractivity contribution in [2.24, 2.45) is 0 Å². The first-order chi connectivity index (χ1) is 16.1. The Morgan fingerprint density at radius 1 is 1.06 bits per heavy atom. The summed E-state index contributed by atoms with van der Waals surface area (Å²) < 4.78 is 33.2. The van der Waals surface area contributed by atoms with Gasteiger partial charge in [0.25, 0.3) is 0 Å².